The molecule has 9 nitrogen and oxygen atoms in total. The van der Waals surface area contributed by atoms with Gasteiger partial charge in [-0.1, -0.05) is 55.9 Å². The van der Waals surface area contributed by atoms with E-state index in [0.717, 1.165) is 11.4 Å². The predicted octanol–water partition coefficient (Wildman–Crippen LogP) is 1.49. The summed E-state index contributed by atoms with van der Waals surface area (Å²) in [6.45, 7) is 5.81. The summed E-state index contributed by atoms with van der Waals surface area (Å²) in [6.07, 6.45) is -1.11. The summed E-state index contributed by atoms with van der Waals surface area (Å²) in [5.41, 5.74) is 6.03. The average Bonchev–Trinajstić information content (AvgIpc) is 2.97. The number of benzene rings is 1. The van der Waals surface area contributed by atoms with Crippen LogP contribution in [-0.4, -0.2) is 44.5 Å². The van der Waals surface area contributed by atoms with E-state index >= 15 is 0 Å². The minimum atomic E-state index is -1.11. The lowest BCUT2D eigenvalue weighted by molar-refractivity contribution is -0.155. The Labute approximate surface area is 167 Å². The van der Waals surface area contributed by atoms with Gasteiger partial charge in [0.25, 0.3) is 5.91 Å². The Morgan fingerprint density at radius 2 is 1.89 bits per heavy atom. The Morgan fingerprint density at radius 1 is 1.21 bits per heavy atom. The molecule has 0 bridgehead atoms. The predicted molar refractivity (Wildman–Crippen MR) is 103 cm³/mol. The quantitative estimate of drug-likeness (QED) is 0.503. The Bertz CT molecular complexity index is 838. The molecule has 1 heterocycles. The Morgan fingerprint density at radius 3 is 2.50 bits per heavy atom. The van der Waals surface area contributed by atoms with Gasteiger partial charge < -0.3 is 15.0 Å². The van der Waals surface area contributed by atoms with Crippen LogP contribution in [0.2, 0.25) is 0 Å². The SMILES string of the molecule is Cc1nnc(SCC(=O)O[C@@H](C(=O)NC(N)=O)C(C)C)n1Cc1ccccc1. The molecule has 150 valence electrons. The maximum Gasteiger partial charge on any atom is 0.318 e. The third kappa shape index (κ3) is 6.08. The van der Waals surface area contributed by atoms with Crippen molar-refractivity contribution in [1.29, 1.82) is 0 Å². The fraction of sp³-hybridized carbons (Fsp3) is 0.389. The molecule has 2 aromatic rings. The van der Waals surface area contributed by atoms with E-state index in [-0.39, 0.29) is 11.7 Å². The number of thioether (sulfide) groups is 1. The zero-order chi connectivity index (χ0) is 20.7. The fourth-order valence-electron chi connectivity index (χ4n) is 2.40. The summed E-state index contributed by atoms with van der Waals surface area (Å²) in [5.74, 6) is -1.00. The van der Waals surface area contributed by atoms with Crippen LogP contribution in [0, 0.1) is 12.8 Å². The molecule has 0 aliphatic rings. The van der Waals surface area contributed by atoms with Crippen molar-refractivity contribution in [1.82, 2.24) is 20.1 Å². The van der Waals surface area contributed by atoms with Crippen LogP contribution in [-0.2, 0) is 20.9 Å². The number of carbonyl (C=O) groups excluding carboxylic acids is 3. The van der Waals surface area contributed by atoms with Crippen molar-refractivity contribution in [3.05, 3.63) is 41.7 Å². The number of esters is 1. The van der Waals surface area contributed by atoms with Crippen molar-refractivity contribution in [2.75, 3.05) is 5.75 Å². The average molecular weight is 405 g/mol. The van der Waals surface area contributed by atoms with Gasteiger partial charge in [0.2, 0.25) is 0 Å². The van der Waals surface area contributed by atoms with Gasteiger partial charge in [0.05, 0.1) is 12.3 Å². The van der Waals surface area contributed by atoms with E-state index in [1.165, 1.54) is 11.8 Å². The van der Waals surface area contributed by atoms with Crippen LogP contribution in [0.3, 0.4) is 0 Å². The molecule has 0 aliphatic heterocycles. The molecule has 3 N–H and O–H groups in total. The van der Waals surface area contributed by atoms with Crippen LogP contribution in [0.4, 0.5) is 4.79 Å². The molecule has 0 spiro atoms. The topological polar surface area (TPSA) is 129 Å². The number of amides is 3. The summed E-state index contributed by atoms with van der Waals surface area (Å²) in [7, 11) is 0. The number of aromatic nitrogens is 3. The summed E-state index contributed by atoms with van der Waals surface area (Å²) >= 11 is 1.17. The summed E-state index contributed by atoms with van der Waals surface area (Å²) in [5, 5.41) is 10.7. The third-order valence-corrected chi connectivity index (χ3v) is 4.71. The zero-order valence-electron chi connectivity index (χ0n) is 15.9. The number of hydrogen-bond acceptors (Lipinski definition) is 7. The number of ether oxygens (including phenoxy) is 1. The molecule has 2 rings (SSSR count). The molecule has 1 atom stereocenters. The van der Waals surface area contributed by atoms with E-state index in [1.54, 1.807) is 13.8 Å². The van der Waals surface area contributed by atoms with Crippen molar-refractivity contribution < 1.29 is 19.1 Å². The fourth-order valence-corrected chi connectivity index (χ4v) is 3.17. The van der Waals surface area contributed by atoms with E-state index < -0.39 is 24.0 Å². The van der Waals surface area contributed by atoms with Crippen LogP contribution in [0.1, 0.15) is 25.2 Å². The van der Waals surface area contributed by atoms with Crippen molar-refractivity contribution >= 4 is 29.7 Å². The molecule has 0 radical (unpaired) electrons. The highest BCUT2D eigenvalue weighted by Gasteiger charge is 2.27. The minimum Gasteiger partial charge on any atom is -0.451 e. The Hall–Kier alpha value is -2.88. The van der Waals surface area contributed by atoms with E-state index in [4.69, 9.17) is 10.5 Å². The van der Waals surface area contributed by atoms with Gasteiger partial charge in [0.1, 0.15) is 5.82 Å². The molecule has 0 aliphatic carbocycles. The van der Waals surface area contributed by atoms with Crippen molar-refractivity contribution in [3.8, 4) is 0 Å². The number of nitrogens with one attached hydrogen (secondary N) is 1. The summed E-state index contributed by atoms with van der Waals surface area (Å²) in [4.78, 5) is 35.0. The summed E-state index contributed by atoms with van der Waals surface area (Å²) in [6, 6.07) is 8.82. The standard InChI is InChI=1S/C18H23N5O4S/c1-11(2)15(16(25)20-17(19)26)27-14(24)10-28-18-22-21-12(3)23(18)9-13-7-5-4-6-8-13/h4-8,11,15H,9-10H2,1-3H3,(H3,19,20,25,26)/t15-/m1/s1. The number of nitrogens with two attached hydrogens (primary N) is 1. The number of aryl methyl sites for hydroxylation is 1. The first-order chi connectivity index (χ1) is 13.3. The lowest BCUT2D eigenvalue weighted by atomic mass is 10.1. The minimum absolute atomic E-state index is 0.0556. The molecular formula is C18H23N5O4S. The van der Waals surface area contributed by atoms with E-state index in [9.17, 15) is 14.4 Å². The van der Waals surface area contributed by atoms with Gasteiger partial charge in [-0.2, -0.15) is 0 Å². The molecule has 1 aromatic carbocycles. The first-order valence-electron chi connectivity index (χ1n) is 8.64. The van der Waals surface area contributed by atoms with Crippen molar-refractivity contribution in [2.45, 2.75) is 38.6 Å². The van der Waals surface area contributed by atoms with Gasteiger partial charge in [0, 0.05) is 0 Å². The Kier molecular flexibility index (Phi) is 7.56. The number of imide groups is 1. The normalized spacial score (nSPS) is 11.9. The van der Waals surface area contributed by atoms with Crippen LogP contribution in [0.5, 0.6) is 0 Å². The van der Waals surface area contributed by atoms with Crippen LogP contribution < -0.4 is 11.1 Å². The molecule has 0 saturated heterocycles. The highest BCUT2D eigenvalue weighted by Crippen LogP contribution is 2.19. The Balaban J connectivity index is 1.99. The maximum atomic E-state index is 12.2. The molecule has 0 unspecified atom stereocenters. The molecule has 28 heavy (non-hydrogen) atoms. The maximum absolute atomic E-state index is 12.2. The zero-order valence-corrected chi connectivity index (χ0v) is 16.7. The molecule has 10 heteroatoms. The lowest BCUT2D eigenvalue weighted by Gasteiger charge is -2.19. The highest BCUT2D eigenvalue weighted by molar-refractivity contribution is 7.99. The van der Waals surface area contributed by atoms with Crippen LogP contribution >= 0.6 is 11.8 Å². The smallest absolute Gasteiger partial charge is 0.318 e. The monoisotopic (exact) mass is 405 g/mol. The third-order valence-electron chi connectivity index (χ3n) is 3.77. The second kappa shape index (κ2) is 9.88. The van der Waals surface area contributed by atoms with Gasteiger partial charge in [-0.3, -0.25) is 14.9 Å². The van der Waals surface area contributed by atoms with E-state index in [0.29, 0.717) is 11.7 Å². The largest absolute Gasteiger partial charge is 0.451 e. The number of rotatable bonds is 8. The molecule has 3 amide bonds. The number of primary amides is 1. The summed E-state index contributed by atoms with van der Waals surface area (Å²) < 4.78 is 7.12. The van der Waals surface area contributed by atoms with E-state index in [2.05, 4.69) is 10.2 Å². The number of hydrogen-bond donors (Lipinski definition) is 2. The molecule has 1 aromatic heterocycles. The second-order valence-electron chi connectivity index (χ2n) is 6.40. The number of nitrogens with zero attached hydrogens (tertiary/aromatic N) is 3. The van der Waals surface area contributed by atoms with Crippen molar-refractivity contribution in [3.63, 3.8) is 0 Å². The van der Waals surface area contributed by atoms with Crippen LogP contribution in [0.25, 0.3) is 0 Å². The van der Waals surface area contributed by atoms with Gasteiger partial charge >= 0.3 is 12.0 Å². The van der Waals surface area contributed by atoms with Gasteiger partial charge in [-0.25, -0.2) is 4.79 Å². The lowest BCUT2D eigenvalue weighted by Crippen LogP contribution is -2.45. The second-order valence-corrected chi connectivity index (χ2v) is 7.34. The number of urea groups is 1. The van der Waals surface area contributed by atoms with Gasteiger partial charge in [-0.15, -0.1) is 10.2 Å². The van der Waals surface area contributed by atoms with Gasteiger partial charge in [-0.05, 0) is 18.4 Å². The van der Waals surface area contributed by atoms with E-state index in [1.807, 2.05) is 47.1 Å². The first-order valence-corrected chi connectivity index (χ1v) is 9.62. The van der Waals surface area contributed by atoms with Crippen molar-refractivity contribution in [2.24, 2.45) is 11.7 Å². The van der Waals surface area contributed by atoms with Crippen LogP contribution in [0.15, 0.2) is 35.5 Å². The molecular weight excluding hydrogens is 382 g/mol. The first kappa shape index (κ1) is 21.4. The molecule has 0 saturated carbocycles. The number of carbonyl (C=O) groups is 3. The molecule has 0 fully saturated rings. The highest BCUT2D eigenvalue weighted by atomic mass is 32.2. The van der Waals surface area contributed by atoms with Gasteiger partial charge in [0.15, 0.2) is 11.3 Å².